The quantitative estimate of drug-likeness (QED) is 0.373. The molecule has 3 N–H and O–H groups in total. The van der Waals surface area contributed by atoms with E-state index in [1.165, 1.54) is 0 Å². The van der Waals surface area contributed by atoms with Crippen LogP contribution in [-0.2, 0) is 23.1 Å². The summed E-state index contributed by atoms with van der Waals surface area (Å²) in [6.45, 7) is 0.898. The molecule has 1 aromatic rings. The molecule has 0 aliphatic carbocycles. The number of hydrogen-bond acceptors (Lipinski definition) is 5. The Hall–Kier alpha value is -1.44. The molecular formula is C10H19N5O2. The van der Waals surface area contributed by atoms with Crippen molar-refractivity contribution >= 4 is 5.91 Å². The predicted octanol–water partition coefficient (Wildman–Crippen LogP) is -1.14. The van der Waals surface area contributed by atoms with Crippen molar-refractivity contribution in [1.29, 1.82) is 0 Å². The van der Waals surface area contributed by atoms with Gasteiger partial charge in [0.05, 0.1) is 12.8 Å². The lowest BCUT2D eigenvalue weighted by Crippen LogP contribution is -2.49. The van der Waals surface area contributed by atoms with Gasteiger partial charge < -0.3 is 4.74 Å². The number of nitrogens with zero attached hydrogens (tertiary/aromatic N) is 3. The van der Waals surface area contributed by atoms with Crippen LogP contribution in [0.15, 0.2) is 12.4 Å². The molecule has 17 heavy (non-hydrogen) atoms. The molecule has 0 fully saturated rings. The van der Waals surface area contributed by atoms with Gasteiger partial charge in [0.15, 0.2) is 0 Å². The van der Waals surface area contributed by atoms with Crippen LogP contribution in [0.1, 0.15) is 5.56 Å². The summed E-state index contributed by atoms with van der Waals surface area (Å²) in [5, 5.41) is 4.07. The van der Waals surface area contributed by atoms with Gasteiger partial charge in [-0.1, -0.05) is 0 Å². The summed E-state index contributed by atoms with van der Waals surface area (Å²) in [6.07, 6.45) is 3.67. The highest BCUT2D eigenvalue weighted by molar-refractivity contribution is 5.81. The predicted molar refractivity (Wildman–Crippen MR) is 62.7 cm³/mol. The summed E-state index contributed by atoms with van der Waals surface area (Å²) in [5.41, 5.74) is 3.17. The number of hydrazine groups is 1. The van der Waals surface area contributed by atoms with Gasteiger partial charge in [-0.05, 0) is 7.05 Å². The number of carbonyl (C=O) groups is 1. The third-order valence-corrected chi connectivity index (χ3v) is 2.49. The molecule has 0 spiro atoms. The zero-order valence-corrected chi connectivity index (χ0v) is 10.4. The van der Waals surface area contributed by atoms with E-state index in [0.29, 0.717) is 13.2 Å². The van der Waals surface area contributed by atoms with Crippen molar-refractivity contribution in [2.75, 3.05) is 20.8 Å². The highest BCUT2D eigenvalue weighted by atomic mass is 16.5. The number of rotatable bonds is 6. The molecule has 1 rings (SSSR count). The van der Waals surface area contributed by atoms with E-state index in [9.17, 15) is 4.79 Å². The van der Waals surface area contributed by atoms with Gasteiger partial charge in [0, 0.05) is 32.5 Å². The molecule has 1 atom stereocenters. The first-order valence-corrected chi connectivity index (χ1v) is 5.25. The molecule has 96 valence electrons. The minimum absolute atomic E-state index is 0.266. The number of hydrogen-bond donors (Lipinski definition) is 2. The Morgan fingerprint density at radius 1 is 1.76 bits per heavy atom. The maximum atomic E-state index is 11.6. The van der Waals surface area contributed by atoms with E-state index in [1.54, 1.807) is 18.0 Å². The first-order valence-electron chi connectivity index (χ1n) is 5.25. The number of methoxy groups -OCH3 is 1. The molecule has 0 bridgehead atoms. The minimum atomic E-state index is -0.412. The molecular weight excluding hydrogens is 222 g/mol. The van der Waals surface area contributed by atoms with Crippen LogP contribution in [0.3, 0.4) is 0 Å². The van der Waals surface area contributed by atoms with Gasteiger partial charge in [0.2, 0.25) is 0 Å². The number of nitrogens with two attached hydrogens (primary N) is 1. The van der Waals surface area contributed by atoms with E-state index in [0.717, 1.165) is 5.56 Å². The Kier molecular flexibility index (Phi) is 5.08. The molecule has 1 aromatic heterocycles. The van der Waals surface area contributed by atoms with Gasteiger partial charge in [-0.15, -0.1) is 0 Å². The lowest BCUT2D eigenvalue weighted by atomic mass is 10.2. The van der Waals surface area contributed by atoms with Crippen LogP contribution in [0, 0.1) is 0 Å². The first-order chi connectivity index (χ1) is 8.08. The Morgan fingerprint density at radius 3 is 2.94 bits per heavy atom. The van der Waals surface area contributed by atoms with E-state index in [4.69, 9.17) is 10.6 Å². The first kappa shape index (κ1) is 13.6. The van der Waals surface area contributed by atoms with Crippen molar-refractivity contribution in [3.8, 4) is 0 Å². The van der Waals surface area contributed by atoms with Crippen molar-refractivity contribution in [2.24, 2.45) is 12.9 Å². The largest absolute Gasteiger partial charge is 0.383 e. The highest BCUT2D eigenvalue weighted by Crippen LogP contribution is 2.05. The number of aryl methyl sites for hydroxylation is 1. The zero-order chi connectivity index (χ0) is 12.8. The topological polar surface area (TPSA) is 85.4 Å². The smallest absolute Gasteiger partial charge is 0.253 e. The highest BCUT2D eigenvalue weighted by Gasteiger charge is 2.22. The summed E-state index contributed by atoms with van der Waals surface area (Å²) >= 11 is 0. The Labute approximate surface area is 100 Å². The van der Waals surface area contributed by atoms with Crippen LogP contribution in [0.5, 0.6) is 0 Å². The van der Waals surface area contributed by atoms with Crippen molar-refractivity contribution in [2.45, 2.75) is 12.6 Å². The van der Waals surface area contributed by atoms with Gasteiger partial charge in [-0.2, -0.15) is 5.10 Å². The maximum Gasteiger partial charge on any atom is 0.253 e. The molecule has 7 heteroatoms. The van der Waals surface area contributed by atoms with E-state index in [-0.39, 0.29) is 5.91 Å². The molecule has 1 heterocycles. The monoisotopic (exact) mass is 241 g/mol. The number of aromatic nitrogens is 2. The third-order valence-electron chi connectivity index (χ3n) is 2.49. The van der Waals surface area contributed by atoms with Gasteiger partial charge in [-0.25, -0.2) is 5.84 Å². The van der Waals surface area contributed by atoms with Crippen molar-refractivity contribution in [3.63, 3.8) is 0 Å². The molecule has 0 aromatic carbocycles. The van der Waals surface area contributed by atoms with Crippen molar-refractivity contribution in [1.82, 2.24) is 20.1 Å². The molecule has 0 saturated heterocycles. The van der Waals surface area contributed by atoms with Crippen LogP contribution >= 0.6 is 0 Å². The minimum Gasteiger partial charge on any atom is -0.383 e. The molecule has 0 radical (unpaired) electrons. The van der Waals surface area contributed by atoms with Crippen molar-refractivity contribution < 1.29 is 9.53 Å². The Balaban J connectivity index is 2.64. The van der Waals surface area contributed by atoms with Crippen molar-refractivity contribution in [3.05, 3.63) is 18.0 Å². The van der Waals surface area contributed by atoms with Gasteiger partial charge in [-0.3, -0.25) is 19.8 Å². The summed E-state index contributed by atoms with van der Waals surface area (Å²) < 4.78 is 6.73. The maximum absolute atomic E-state index is 11.6. The Morgan fingerprint density at radius 2 is 2.47 bits per heavy atom. The molecule has 0 aliphatic rings. The fourth-order valence-electron chi connectivity index (χ4n) is 1.61. The second-order valence-electron chi connectivity index (χ2n) is 3.92. The van der Waals surface area contributed by atoms with E-state index in [1.807, 2.05) is 25.2 Å². The van der Waals surface area contributed by atoms with Crippen LogP contribution in [0.25, 0.3) is 0 Å². The number of likely N-dealkylation sites (N-methyl/N-ethyl adjacent to an activating group) is 1. The van der Waals surface area contributed by atoms with Crippen LogP contribution in [0.2, 0.25) is 0 Å². The fraction of sp³-hybridized carbons (Fsp3) is 0.600. The summed E-state index contributed by atoms with van der Waals surface area (Å²) in [4.78, 5) is 13.4. The second kappa shape index (κ2) is 6.33. The van der Waals surface area contributed by atoms with Crippen LogP contribution in [-0.4, -0.2) is 47.4 Å². The number of amides is 1. The summed E-state index contributed by atoms with van der Waals surface area (Å²) in [5.74, 6) is 4.87. The normalized spacial score (nSPS) is 12.8. The van der Waals surface area contributed by atoms with Gasteiger partial charge in [0.25, 0.3) is 5.91 Å². The second-order valence-corrected chi connectivity index (χ2v) is 3.92. The molecule has 1 unspecified atom stereocenters. The lowest BCUT2D eigenvalue weighted by Gasteiger charge is -2.25. The van der Waals surface area contributed by atoms with E-state index >= 15 is 0 Å². The number of ether oxygens (including phenoxy) is 1. The molecule has 1 amide bonds. The van der Waals surface area contributed by atoms with Crippen LogP contribution < -0.4 is 11.3 Å². The van der Waals surface area contributed by atoms with Gasteiger partial charge in [0.1, 0.15) is 6.04 Å². The van der Waals surface area contributed by atoms with Gasteiger partial charge >= 0.3 is 0 Å². The lowest BCUT2D eigenvalue weighted by molar-refractivity contribution is -0.128. The van der Waals surface area contributed by atoms with E-state index < -0.39 is 6.04 Å². The fourth-order valence-corrected chi connectivity index (χ4v) is 1.61. The molecule has 0 aliphatic heterocycles. The third kappa shape index (κ3) is 3.81. The Bertz CT molecular complexity index is 365. The number of nitrogens with one attached hydrogen (secondary N) is 1. The van der Waals surface area contributed by atoms with E-state index in [2.05, 4.69) is 10.5 Å². The average Bonchev–Trinajstić information content (AvgIpc) is 2.70. The molecule has 7 nitrogen and oxygen atoms in total. The summed E-state index contributed by atoms with van der Waals surface area (Å²) in [7, 11) is 5.24. The number of carbonyl (C=O) groups excluding carboxylic acids is 1. The SMILES string of the molecule is COCC(C(=O)NN)N(C)Cc1cnn(C)c1. The van der Waals surface area contributed by atoms with Crippen LogP contribution in [0.4, 0.5) is 0 Å². The zero-order valence-electron chi connectivity index (χ0n) is 10.4. The molecule has 0 saturated carbocycles. The summed E-state index contributed by atoms with van der Waals surface area (Å²) in [6, 6.07) is -0.412. The standard InChI is InChI=1S/C10H19N5O2/c1-14(5-8-4-12-15(2)6-8)9(7-17-3)10(16)13-11/h4,6,9H,5,7,11H2,1-3H3,(H,13,16). The average molecular weight is 241 g/mol.